The maximum absolute atomic E-state index is 4.57. The number of nitrogens with zero attached hydrogens (tertiary/aromatic N) is 3. The Kier molecular flexibility index (Phi) is 3.02. The molecule has 1 fully saturated rings. The average molecular weight is 240 g/mol. The molecule has 1 saturated heterocycles. The van der Waals surface area contributed by atoms with Gasteiger partial charge in [0.2, 0.25) is 0 Å². The normalized spacial score (nSPS) is 19.1. The molecule has 18 heavy (non-hydrogen) atoms. The Labute approximate surface area is 107 Å². The quantitative estimate of drug-likeness (QED) is 0.871. The SMILES string of the molecule is Cc1nc(-c2cccnc2)cc([C@@H]2CCNC2)n1. The van der Waals surface area contributed by atoms with Crippen molar-refractivity contribution < 1.29 is 0 Å². The number of nitrogens with one attached hydrogen (secondary N) is 1. The van der Waals surface area contributed by atoms with Gasteiger partial charge in [-0.05, 0) is 38.1 Å². The largest absolute Gasteiger partial charge is 0.316 e. The lowest BCUT2D eigenvalue weighted by molar-refractivity contribution is 0.725. The lowest BCUT2D eigenvalue weighted by atomic mass is 10.0. The van der Waals surface area contributed by atoms with Gasteiger partial charge in [-0.2, -0.15) is 0 Å². The van der Waals surface area contributed by atoms with Crippen LogP contribution in [0.2, 0.25) is 0 Å². The standard InChI is InChI=1S/C14H16N4/c1-10-17-13(11-3-2-5-15-8-11)7-14(18-10)12-4-6-16-9-12/h2-3,5,7-8,12,16H,4,6,9H2,1H3/t12-/m1/s1. The summed E-state index contributed by atoms with van der Waals surface area (Å²) in [6, 6.07) is 6.07. The van der Waals surface area contributed by atoms with Crippen LogP contribution in [0.3, 0.4) is 0 Å². The molecule has 0 unspecified atom stereocenters. The summed E-state index contributed by atoms with van der Waals surface area (Å²) in [5.41, 5.74) is 3.17. The maximum atomic E-state index is 4.57. The van der Waals surface area contributed by atoms with Gasteiger partial charge in [0.05, 0.1) is 5.69 Å². The minimum Gasteiger partial charge on any atom is -0.316 e. The summed E-state index contributed by atoms with van der Waals surface area (Å²) in [4.78, 5) is 13.2. The van der Waals surface area contributed by atoms with E-state index < -0.39 is 0 Å². The molecule has 0 saturated carbocycles. The minimum absolute atomic E-state index is 0.516. The van der Waals surface area contributed by atoms with Crippen LogP contribution in [0.25, 0.3) is 11.3 Å². The van der Waals surface area contributed by atoms with Crippen molar-refractivity contribution in [3.8, 4) is 11.3 Å². The van der Waals surface area contributed by atoms with Crippen molar-refractivity contribution in [3.05, 3.63) is 42.1 Å². The summed E-state index contributed by atoms with van der Waals surface area (Å²) in [7, 11) is 0. The average Bonchev–Trinajstić information content (AvgIpc) is 2.93. The highest BCUT2D eigenvalue weighted by Gasteiger charge is 2.19. The van der Waals surface area contributed by atoms with E-state index in [1.807, 2.05) is 25.3 Å². The predicted octanol–water partition coefficient (Wildman–Crippen LogP) is 1.92. The number of aryl methyl sites for hydroxylation is 1. The molecule has 0 bridgehead atoms. The minimum atomic E-state index is 0.516. The first-order valence-corrected chi connectivity index (χ1v) is 6.29. The molecule has 1 aliphatic heterocycles. The molecule has 0 aliphatic carbocycles. The van der Waals surface area contributed by atoms with Crippen molar-refractivity contribution in [1.29, 1.82) is 0 Å². The molecule has 2 aromatic heterocycles. The Balaban J connectivity index is 2.00. The van der Waals surface area contributed by atoms with Gasteiger partial charge in [-0.25, -0.2) is 9.97 Å². The van der Waals surface area contributed by atoms with Crippen molar-refractivity contribution >= 4 is 0 Å². The van der Waals surface area contributed by atoms with E-state index in [1.165, 1.54) is 0 Å². The Morgan fingerprint density at radius 2 is 2.28 bits per heavy atom. The molecular formula is C14H16N4. The fourth-order valence-corrected chi connectivity index (χ4v) is 2.37. The van der Waals surface area contributed by atoms with Crippen LogP contribution in [-0.2, 0) is 0 Å². The van der Waals surface area contributed by atoms with E-state index in [9.17, 15) is 0 Å². The Bertz CT molecular complexity index is 533. The summed E-state index contributed by atoms with van der Waals surface area (Å²) < 4.78 is 0. The zero-order chi connectivity index (χ0) is 12.4. The molecular weight excluding hydrogens is 224 g/mol. The van der Waals surface area contributed by atoms with Gasteiger partial charge in [0.15, 0.2) is 0 Å². The van der Waals surface area contributed by atoms with E-state index in [-0.39, 0.29) is 0 Å². The third-order valence-electron chi connectivity index (χ3n) is 3.29. The van der Waals surface area contributed by atoms with Crippen LogP contribution >= 0.6 is 0 Å². The van der Waals surface area contributed by atoms with Crippen molar-refractivity contribution in [2.75, 3.05) is 13.1 Å². The zero-order valence-corrected chi connectivity index (χ0v) is 10.4. The lowest BCUT2D eigenvalue weighted by Gasteiger charge is -2.10. The lowest BCUT2D eigenvalue weighted by Crippen LogP contribution is -2.10. The van der Waals surface area contributed by atoms with Gasteiger partial charge in [-0.3, -0.25) is 4.98 Å². The number of aromatic nitrogens is 3. The van der Waals surface area contributed by atoms with E-state index in [1.54, 1.807) is 6.20 Å². The summed E-state index contributed by atoms with van der Waals surface area (Å²) >= 11 is 0. The zero-order valence-electron chi connectivity index (χ0n) is 10.4. The first kappa shape index (κ1) is 11.3. The van der Waals surface area contributed by atoms with Crippen molar-refractivity contribution in [3.63, 3.8) is 0 Å². The van der Waals surface area contributed by atoms with E-state index in [0.717, 1.165) is 42.3 Å². The molecule has 1 atom stereocenters. The second-order valence-electron chi connectivity index (χ2n) is 4.66. The van der Waals surface area contributed by atoms with Gasteiger partial charge in [0.25, 0.3) is 0 Å². The molecule has 0 amide bonds. The van der Waals surface area contributed by atoms with Gasteiger partial charge in [-0.15, -0.1) is 0 Å². The summed E-state index contributed by atoms with van der Waals surface area (Å²) in [6.07, 6.45) is 4.78. The molecule has 0 radical (unpaired) electrons. The van der Waals surface area contributed by atoms with Crippen molar-refractivity contribution in [2.45, 2.75) is 19.3 Å². The molecule has 0 aromatic carbocycles. The van der Waals surface area contributed by atoms with Gasteiger partial charge >= 0.3 is 0 Å². The van der Waals surface area contributed by atoms with Crippen LogP contribution in [-0.4, -0.2) is 28.0 Å². The van der Waals surface area contributed by atoms with E-state index in [4.69, 9.17) is 0 Å². The van der Waals surface area contributed by atoms with Gasteiger partial charge < -0.3 is 5.32 Å². The van der Waals surface area contributed by atoms with E-state index in [2.05, 4.69) is 26.3 Å². The number of rotatable bonds is 2. The summed E-state index contributed by atoms with van der Waals surface area (Å²) in [5.74, 6) is 1.35. The predicted molar refractivity (Wildman–Crippen MR) is 70.2 cm³/mol. The van der Waals surface area contributed by atoms with Crippen LogP contribution in [0.4, 0.5) is 0 Å². The first-order valence-electron chi connectivity index (χ1n) is 6.29. The topological polar surface area (TPSA) is 50.7 Å². The number of pyridine rings is 1. The highest BCUT2D eigenvalue weighted by Crippen LogP contribution is 2.24. The van der Waals surface area contributed by atoms with Gasteiger partial charge in [0, 0.05) is 36.1 Å². The molecule has 4 nitrogen and oxygen atoms in total. The second kappa shape index (κ2) is 4.82. The third kappa shape index (κ3) is 2.24. The van der Waals surface area contributed by atoms with Gasteiger partial charge in [0.1, 0.15) is 5.82 Å². The fraction of sp³-hybridized carbons (Fsp3) is 0.357. The van der Waals surface area contributed by atoms with Crippen molar-refractivity contribution in [1.82, 2.24) is 20.3 Å². The first-order chi connectivity index (χ1) is 8.83. The highest BCUT2D eigenvalue weighted by atomic mass is 14.9. The molecule has 92 valence electrons. The smallest absolute Gasteiger partial charge is 0.126 e. The Morgan fingerprint density at radius 3 is 3.00 bits per heavy atom. The van der Waals surface area contributed by atoms with Crippen LogP contribution in [0, 0.1) is 6.92 Å². The summed E-state index contributed by atoms with van der Waals surface area (Å²) in [5, 5.41) is 3.38. The van der Waals surface area contributed by atoms with E-state index >= 15 is 0 Å². The van der Waals surface area contributed by atoms with Crippen LogP contribution in [0.1, 0.15) is 23.9 Å². The van der Waals surface area contributed by atoms with Crippen LogP contribution in [0.15, 0.2) is 30.6 Å². The molecule has 1 N–H and O–H groups in total. The second-order valence-corrected chi connectivity index (χ2v) is 4.66. The number of hydrogen-bond donors (Lipinski definition) is 1. The Hall–Kier alpha value is -1.81. The monoisotopic (exact) mass is 240 g/mol. The molecule has 4 heteroatoms. The van der Waals surface area contributed by atoms with Crippen LogP contribution in [0.5, 0.6) is 0 Å². The molecule has 0 spiro atoms. The van der Waals surface area contributed by atoms with Crippen LogP contribution < -0.4 is 5.32 Å². The Morgan fingerprint density at radius 1 is 1.33 bits per heavy atom. The van der Waals surface area contributed by atoms with Gasteiger partial charge in [-0.1, -0.05) is 0 Å². The summed E-state index contributed by atoms with van der Waals surface area (Å²) in [6.45, 7) is 4.05. The molecule has 3 rings (SSSR count). The third-order valence-corrected chi connectivity index (χ3v) is 3.29. The molecule has 2 aromatic rings. The van der Waals surface area contributed by atoms with Crippen molar-refractivity contribution in [2.24, 2.45) is 0 Å². The fourth-order valence-electron chi connectivity index (χ4n) is 2.37. The highest BCUT2D eigenvalue weighted by molar-refractivity contribution is 5.58. The number of hydrogen-bond acceptors (Lipinski definition) is 4. The maximum Gasteiger partial charge on any atom is 0.126 e. The molecule has 1 aliphatic rings. The molecule has 3 heterocycles. The van der Waals surface area contributed by atoms with E-state index in [0.29, 0.717) is 5.92 Å².